The van der Waals surface area contributed by atoms with Crippen molar-refractivity contribution in [1.29, 1.82) is 0 Å². The highest BCUT2D eigenvalue weighted by atomic mass is 16.6. The highest BCUT2D eigenvalue weighted by molar-refractivity contribution is 6.03. The Kier molecular flexibility index (Phi) is 4.90. The number of hydrogen-bond donors (Lipinski definition) is 1. The molecule has 0 bridgehead atoms. The fraction of sp³-hybridized carbons (Fsp3) is 0.294. The van der Waals surface area contributed by atoms with Gasteiger partial charge in [-0.2, -0.15) is 4.98 Å². The first-order chi connectivity index (χ1) is 12.1. The highest BCUT2D eigenvalue weighted by Crippen LogP contribution is 2.15. The first kappa shape index (κ1) is 16.8. The van der Waals surface area contributed by atoms with Crippen LogP contribution in [0.5, 0.6) is 6.01 Å². The molecule has 0 saturated carbocycles. The third-order valence-electron chi connectivity index (χ3n) is 3.68. The Morgan fingerprint density at radius 2 is 2.28 bits per heavy atom. The Bertz CT molecular complexity index is 997. The SMILES string of the molecule is CCc1cc(=O)oc2nc(O/N=C(/COC)C3=CCC=C3)[nH]c(=O)c12. The second kappa shape index (κ2) is 7.27. The molecule has 1 aliphatic rings. The van der Waals surface area contributed by atoms with Gasteiger partial charge in [-0.05, 0) is 24.0 Å². The van der Waals surface area contributed by atoms with E-state index in [1.54, 1.807) is 7.11 Å². The van der Waals surface area contributed by atoms with Crippen molar-refractivity contribution in [2.75, 3.05) is 13.7 Å². The van der Waals surface area contributed by atoms with E-state index in [-0.39, 0.29) is 23.7 Å². The smallest absolute Gasteiger partial charge is 0.337 e. The van der Waals surface area contributed by atoms with E-state index >= 15 is 0 Å². The lowest BCUT2D eigenvalue weighted by Gasteiger charge is -2.06. The number of oxime groups is 1. The molecule has 3 rings (SSSR count). The molecule has 0 fully saturated rings. The number of methoxy groups -OCH3 is 1. The minimum absolute atomic E-state index is 0.0773. The van der Waals surface area contributed by atoms with E-state index in [0.717, 1.165) is 12.0 Å². The molecule has 1 N–H and O–H groups in total. The van der Waals surface area contributed by atoms with E-state index in [9.17, 15) is 9.59 Å². The number of rotatable bonds is 6. The maximum atomic E-state index is 12.3. The lowest BCUT2D eigenvalue weighted by atomic mass is 10.1. The summed E-state index contributed by atoms with van der Waals surface area (Å²) in [5.41, 5.74) is 0.901. The van der Waals surface area contributed by atoms with Crippen LogP contribution in [0.2, 0.25) is 0 Å². The van der Waals surface area contributed by atoms with Gasteiger partial charge in [0.15, 0.2) is 0 Å². The van der Waals surface area contributed by atoms with Crippen molar-refractivity contribution in [2.24, 2.45) is 5.16 Å². The monoisotopic (exact) mass is 343 g/mol. The standard InChI is InChI=1S/C17H17N3O5/c1-3-10-8-13(21)24-16-14(10)15(22)18-17(19-16)25-20-12(9-23-2)11-6-4-5-7-11/h4,6-8H,3,5,9H2,1-2H3,(H,18,19,22)/b20-12-. The summed E-state index contributed by atoms with van der Waals surface area (Å²) in [5.74, 6) is 0. The largest absolute Gasteiger partial charge is 0.403 e. The zero-order valence-corrected chi connectivity index (χ0v) is 13.9. The van der Waals surface area contributed by atoms with Crippen molar-refractivity contribution in [3.8, 4) is 6.01 Å². The molecular formula is C17H17N3O5. The number of aromatic amines is 1. The lowest BCUT2D eigenvalue weighted by molar-refractivity contribution is 0.238. The number of nitrogens with one attached hydrogen (secondary N) is 1. The Balaban J connectivity index is 1.99. The molecule has 0 unspecified atom stereocenters. The Hall–Kier alpha value is -3.00. The van der Waals surface area contributed by atoms with Gasteiger partial charge in [0.25, 0.3) is 5.56 Å². The van der Waals surface area contributed by atoms with Crippen LogP contribution >= 0.6 is 0 Å². The predicted molar refractivity (Wildman–Crippen MR) is 92.1 cm³/mol. The van der Waals surface area contributed by atoms with Gasteiger partial charge in [-0.3, -0.25) is 9.78 Å². The second-order valence-corrected chi connectivity index (χ2v) is 5.36. The summed E-state index contributed by atoms with van der Waals surface area (Å²) in [4.78, 5) is 35.6. The number of nitrogens with zero attached hydrogens (tertiary/aromatic N) is 2. The summed E-state index contributed by atoms with van der Waals surface area (Å²) in [6.07, 6.45) is 7.18. The number of H-pyrrole nitrogens is 1. The summed E-state index contributed by atoms with van der Waals surface area (Å²) < 4.78 is 10.1. The van der Waals surface area contributed by atoms with E-state index in [0.29, 0.717) is 17.7 Å². The maximum absolute atomic E-state index is 12.3. The van der Waals surface area contributed by atoms with Gasteiger partial charge in [0.05, 0.1) is 6.61 Å². The average Bonchev–Trinajstić information content (AvgIpc) is 3.11. The molecule has 0 spiro atoms. The summed E-state index contributed by atoms with van der Waals surface area (Å²) in [7, 11) is 1.55. The number of aryl methyl sites for hydroxylation is 1. The topological polar surface area (TPSA) is 107 Å². The van der Waals surface area contributed by atoms with E-state index in [1.165, 1.54) is 6.07 Å². The highest BCUT2D eigenvalue weighted by Gasteiger charge is 2.13. The van der Waals surface area contributed by atoms with Crippen molar-refractivity contribution >= 4 is 16.8 Å². The zero-order chi connectivity index (χ0) is 17.8. The number of fused-ring (bicyclic) bond motifs is 1. The van der Waals surface area contributed by atoms with Gasteiger partial charge in [-0.25, -0.2) is 4.79 Å². The van der Waals surface area contributed by atoms with Crippen molar-refractivity contribution in [3.05, 3.63) is 56.2 Å². The van der Waals surface area contributed by atoms with E-state index in [4.69, 9.17) is 14.0 Å². The second-order valence-electron chi connectivity index (χ2n) is 5.36. The Morgan fingerprint density at radius 3 is 2.96 bits per heavy atom. The summed E-state index contributed by atoms with van der Waals surface area (Å²) in [6.45, 7) is 2.07. The van der Waals surface area contributed by atoms with Crippen molar-refractivity contribution < 1.29 is 14.0 Å². The molecule has 8 heteroatoms. The number of hydrogen-bond acceptors (Lipinski definition) is 7. The van der Waals surface area contributed by atoms with E-state index < -0.39 is 11.2 Å². The first-order valence-electron chi connectivity index (χ1n) is 7.79. The lowest BCUT2D eigenvalue weighted by Crippen LogP contribution is -2.15. The molecule has 2 heterocycles. The van der Waals surface area contributed by atoms with Crippen molar-refractivity contribution in [2.45, 2.75) is 19.8 Å². The molecule has 0 aliphatic heterocycles. The van der Waals surface area contributed by atoms with Crippen LogP contribution in [-0.4, -0.2) is 29.4 Å². The minimum atomic E-state index is -0.571. The zero-order valence-electron chi connectivity index (χ0n) is 13.9. The fourth-order valence-electron chi connectivity index (χ4n) is 2.52. The van der Waals surface area contributed by atoms with Crippen molar-refractivity contribution in [1.82, 2.24) is 9.97 Å². The third kappa shape index (κ3) is 3.58. The van der Waals surface area contributed by atoms with Crippen molar-refractivity contribution in [3.63, 3.8) is 0 Å². The molecule has 1 aliphatic carbocycles. The van der Waals surface area contributed by atoms with Crippen LogP contribution in [0.3, 0.4) is 0 Å². The van der Waals surface area contributed by atoms with Crippen LogP contribution in [-0.2, 0) is 11.2 Å². The molecule has 8 nitrogen and oxygen atoms in total. The van der Waals surface area contributed by atoms with Crippen LogP contribution in [0.4, 0.5) is 0 Å². The summed E-state index contributed by atoms with van der Waals surface area (Å²) in [5, 5.41) is 4.23. The van der Waals surface area contributed by atoms with E-state index in [1.807, 2.05) is 25.2 Å². The number of ether oxygens (including phenoxy) is 1. The maximum Gasteiger partial charge on any atom is 0.337 e. The van der Waals surface area contributed by atoms with Gasteiger partial charge >= 0.3 is 11.6 Å². The number of aromatic nitrogens is 2. The summed E-state index contributed by atoms with van der Waals surface area (Å²) >= 11 is 0. The molecule has 0 radical (unpaired) electrons. The Morgan fingerprint density at radius 1 is 1.44 bits per heavy atom. The van der Waals surface area contributed by atoms with Gasteiger partial charge in [0, 0.05) is 13.2 Å². The van der Waals surface area contributed by atoms with Crippen LogP contribution in [0.15, 0.2) is 49.0 Å². The van der Waals surface area contributed by atoms with Gasteiger partial charge < -0.3 is 14.0 Å². The number of allylic oxidation sites excluding steroid dienone is 3. The Labute approximate surface area is 142 Å². The molecular weight excluding hydrogens is 326 g/mol. The normalized spacial score (nSPS) is 14.2. The van der Waals surface area contributed by atoms with Crippen LogP contribution in [0, 0.1) is 0 Å². The van der Waals surface area contributed by atoms with Gasteiger partial charge in [-0.15, -0.1) is 0 Å². The summed E-state index contributed by atoms with van der Waals surface area (Å²) in [6, 6.07) is 1.12. The molecule has 2 aromatic rings. The van der Waals surface area contributed by atoms with Crippen LogP contribution < -0.4 is 16.0 Å². The first-order valence-corrected chi connectivity index (χ1v) is 7.79. The molecule has 25 heavy (non-hydrogen) atoms. The average molecular weight is 343 g/mol. The predicted octanol–water partition coefficient (Wildman–Crippen LogP) is 1.71. The van der Waals surface area contributed by atoms with Crippen LogP contribution in [0.25, 0.3) is 11.1 Å². The van der Waals surface area contributed by atoms with Crippen LogP contribution in [0.1, 0.15) is 18.9 Å². The van der Waals surface area contributed by atoms with Gasteiger partial charge in [-0.1, -0.05) is 30.3 Å². The van der Waals surface area contributed by atoms with Gasteiger partial charge in [0.2, 0.25) is 5.71 Å². The third-order valence-corrected chi connectivity index (χ3v) is 3.68. The van der Waals surface area contributed by atoms with Gasteiger partial charge in [0.1, 0.15) is 11.1 Å². The molecule has 2 aromatic heterocycles. The molecule has 0 amide bonds. The van der Waals surface area contributed by atoms with E-state index in [2.05, 4.69) is 15.1 Å². The fourth-order valence-corrected chi connectivity index (χ4v) is 2.52. The molecule has 0 atom stereocenters. The molecule has 130 valence electrons. The molecule has 0 saturated heterocycles. The quantitative estimate of drug-likeness (QED) is 0.632. The minimum Gasteiger partial charge on any atom is -0.403 e. The molecule has 0 aromatic carbocycles.